The molecule has 0 aliphatic carbocycles. The minimum absolute atomic E-state index is 0.00199. The molecule has 0 aromatic carbocycles. The number of hydrogen-bond acceptors (Lipinski definition) is 5. The molecule has 4 heterocycles. The maximum atomic E-state index is 13.0. The Morgan fingerprint density at radius 3 is 3.00 bits per heavy atom. The summed E-state index contributed by atoms with van der Waals surface area (Å²) in [4.78, 5) is 20.1. The van der Waals surface area contributed by atoms with Crippen LogP contribution in [-0.4, -0.2) is 41.5 Å². The van der Waals surface area contributed by atoms with Crippen LogP contribution < -0.4 is 0 Å². The van der Waals surface area contributed by atoms with E-state index in [2.05, 4.69) is 26.7 Å². The van der Waals surface area contributed by atoms with Gasteiger partial charge in [-0.1, -0.05) is 0 Å². The van der Waals surface area contributed by atoms with Gasteiger partial charge in [-0.05, 0) is 20.8 Å². The Hall–Kier alpha value is -2.22. The number of carbonyl (C=O) groups is 1. The molecule has 22 heavy (non-hydrogen) atoms. The minimum atomic E-state index is 0.00199. The highest BCUT2D eigenvalue weighted by atomic mass is 32.1. The van der Waals surface area contributed by atoms with Gasteiger partial charge in [-0.15, -0.1) is 21.5 Å². The van der Waals surface area contributed by atoms with E-state index in [-0.39, 0.29) is 11.9 Å². The lowest BCUT2D eigenvalue weighted by Crippen LogP contribution is -2.41. The summed E-state index contributed by atoms with van der Waals surface area (Å²) in [5, 5.41) is 10.3. The average Bonchev–Trinajstić information content (AvgIpc) is 3.13. The van der Waals surface area contributed by atoms with Crippen molar-refractivity contribution in [3.8, 4) is 0 Å². The van der Waals surface area contributed by atoms with Crippen molar-refractivity contribution in [3.63, 3.8) is 0 Å². The normalized spacial score (nSPS) is 18.0. The summed E-state index contributed by atoms with van der Waals surface area (Å²) in [5.41, 5.74) is 1.42. The monoisotopic (exact) mass is 316 g/mol. The number of fused-ring (bicyclic) bond motifs is 2. The van der Waals surface area contributed by atoms with Crippen LogP contribution in [0.15, 0.2) is 11.6 Å². The Kier molecular flexibility index (Phi) is 2.83. The summed E-state index contributed by atoms with van der Waals surface area (Å²) in [6.07, 6.45) is 1.90. The molecule has 0 unspecified atom stereocenters. The second-order valence-corrected chi connectivity index (χ2v) is 6.54. The van der Waals surface area contributed by atoms with Crippen molar-refractivity contribution >= 4 is 22.2 Å². The van der Waals surface area contributed by atoms with Crippen molar-refractivity contribution in [1.82, 2.24) is 29.0 Å². The molecule has 0 radical (unpaired) electrons. The lowest BCUT2D eigenvalue weighted by molar-refractivity contribution is 0.0672. The number of amides is 1. The fourth-order valence-corrected chi connectivity index (χ4v) is 3.95. The molecule has 0 N–H and O–H groups in total. The number of rotatable bonds is 1. The maximum Gasteiger partial charge on any atom is 0.273 e. The van der Waals surface area contributed by atoms with Crippen molar-refractivity contribution in [1.29, 1.82) is 0 Å². The van der Waals surface area contributed by atoms with E-state index in [0.717, 1.165) is 22.3 Å². The Balaban J connectivity index is 1.72. The lowest BCUT2D eigenvalue weighted by Gasteiger charge is -2.32. The third kappa shape index (κ3) is 1.80. The summed E-state index contributed by atoms with van der Waals surface area (Å²) in [6, 6.07) is 0.175. The largest absolute Gasteiger partial charge is 0.328 e. The van der Waals surface area contributed by atoms with E-state index in [1.54, 1.807) is 0 Å². The van der Waals surface area contributed by atoms with Crippen LogP contribution in [-0.2, 0) is 6.54 Å². The summed E-state index contributed by atoms with van der Waals surface area (Å²) in [5.74, 6) is 1.74. The van der Waals surface area contributed by atoms with Crippen LogP contribution in [0.3, 0.4) is 0 Å². The number of imidazole rings is 1. The van der Waals surface area contributed by atoms with Crippen molar-refractivity contribution in [3.05, 3.63) is 34.6 Å². The van der Waals surface area contributed by atoms with Crippen LogP contribution in [0.2, 0.25) is 0 Å². The molecule has 0 saturated carbocycles. The number of carbonyl (C=O) groups excluding carboxylic acids is 1. The van der Waals surface area contributed by atoms with E-state index < -0.39 is 0 Å². The van der Waals surface area contributed by atoms with Gasteiger partial charge < -0.3 is 9.47 Å². The predicted molar refractivity (Wildman–Crippen MR) is 82.0 cm³/mol. The molecule has 8 heteroatoms. The minimum Gasteiger partial charge on any atom is -0.328 e. The van der Waals surface area contributed by atoms with Crippen LogP contribution >= 0.6 is 11.3 Å². The second kappa shape index (κ2) is 4.64. The maximum absolute atomic E-state index is 13.0. The average molecular weight is 316 g/mol. The summed E-state index contributed by atoms with van der Waals surface area (Å²) in [6.45, 7) is 7.05. The third-order valence-corrected chi connectivity index (χ3v) is 4.88. The number of aryl methyl sites for hydroxylation is 2. The number of aromatic nitrogens is 5. The van der Waals surface area contributed by atoms with Gasteiger partial charge in [0.15, 0.2) is 10.8 Å². The molecule has 1 amide bonds. The van der Waals surface area contributed by atoms with E-state index in [1.807, 2.05) is 34.7 Å². The van der Waals surface area contributed by atoms with Gasteiger partial charge in [0, 0.05) is 18.1 Å². The molecule has 3 aromatic rings. The number of hydrogen-bond donors (Lipinski definition) is 0. The van der Waals surface area contributed by atoms with Gasteiger partial charge in [-0.2, -0.15) is 0 Å². The molecule has 1 aliphatic rings. The van der Waals surface area contributed by atoms with E-state index in [0.29, 0.717) is 18.8 Å². The highest BCUT2D eigenvalue weighted by molar-refractivity contribution is 7.15. The van der Waals surface area contributed by atoms with Crippen molar-refractivity contribution in [2.45, 2.75) is 33.4 Å². The first-order valence-corrected chi connectivity index (χ1v) is 8.06. The molecule has 3 aromatic heterocycles. The zero-order valence-electron chi connectivity index (χ0n) is 12.6. The first-order chi connectivity index (χ1) is 10.6. The standard InChI is InChI=1S/C14H16N6OS/c1-8-6-18(7-11-17-16-10(3)20(8)11)13(21)12-9(2)15-14-19(12)4-5-22-14/h4-5,8H,6-7H2,1-3H3/t8-/m1/s1. The van der Waals surface area contributed by atoms with Gasteiger partial charge in [-0.25, -0.2) is 4.98 Å². The second-order valence-electron chi connectivity index (χ2n) is 5.67. The zero-order valence-corrected chi connectivity index (χ0v) is 13.5. The lowest BCUT2D eigenvalue weighted by atomic mass is 10.2. The van der Waals surface area contributed by atoms with Crippen LogP contribution in [0, 0.1) is 13.8 Å². The molecule has 1 atom stereocenters. The Labute approximate surface area is 131 Å². The van der Waals surface area contributed by atoms with Crippen molar-refractivity contribution < 1.29 is 4.79 Å². The quantitative estimate of drug-likeness (QED) is 0.687. The van der Waals surface area contributed by atoms with Crippen LogP contribution in [0.25, 0.3) is 4.96 Å². The van der Waals surface area contributed by atoms with Gasteiger partial charge in [0.05, 0.1) is 18.3 Å². The van der Waals surface area contributed by atoms with Gasteiger partial charge in [-0.3, -0.25) is 9.20 Å². The molecule has 114 valence electrons. The van der Waals surface area contributed by atoms with Crippen LogP contribution in [0.4, 0.5) is 0 Å². The molecule has 0 spiro atoms. The zero-order chi connectivity index (χ0) is 15.4. The number of thiazole rings is 1. The van der Waals surface area contributed by atoms with E-state index in [9.17, 15) is 4.79 Å². The molecule has 4 rings (SSSR count). The Morgan fingerprint density at radius 1 is 1.36 bits per heavy atom. The van der Waals surface area contributed by atoms with E-state index >= 15 is 0 Å². The fourth-order valence-electron chi connectivity index (χ4n) is 3.19. The van der Waals surface area contributed by atoms with Gasteiger partial charge in [0.2, 0.25) is 0 Å². The summed E-state index contributed by atoms with van der Waals surface area (Å²) < 4.78 is 3.98. The smallest absolute Gasteiger partial charge is 0.273 e. The summed E-state index contributed by atoms with van der Waals surface area (Å²) in [7, 11) is 0. The summed E-state index contributed by atoms with van der Waals surface area (Å²) >= 11 is 1.53. The Morgan fingerprint density at radius 2 is 2.18 bits per heavy atom. The highest BCUT2D eigenvalue weighted by Crippen LogP contribution is 2.24. The molecular formula is C14H16N6OS. The highest BCUT2D eigenvalue weighted by Gasteiger charge is 2.31. The van der Waals surface area contributed by atoms with E-state index in [1.165, 1.54) is 11.3 Å². The number of nitrogens with zero attached hydrogens (tertiary/aromatic N) is 6. The fraction of sp³-hybridized carbons (Fsp3) is 0.429. The first-order valence-electron chi connectivity index (χ1n) is 7.18. The molecule has 1 aliphatic heterocycles. The van der Waals surface area contributed by atoms with Gasteiger partial charge in [0.25, 0.3) is 5.91 Å². The van der Waals surface area contributed by atoms with Gasteiger partial charge in [0.1, 0.15) is 11.5 Å². The van der Waals surface area contributed by atoms with E-state index in [4.69, 9.17) is 0 Å². The van der Waals surface area contributed by atoms with Gasteiger partial charge >= 0.3 is 0 Å². The molecule has 0 saturated heterocycles. The van der Waals surface area contributed by atoms with Crippen molar-refractivity contribution in [2.75, 3.05) is 6.54 Å². The first kappa shape index (κ1) is 13.4. The van der Waals surface area contributed by atoms with Crippen LogP contribution in [0.1, 0.15) is 40.8 Å². The predicted octanol–water partition coefficient (Wildman–Crippen LogP) is 1.82. The van der Waals surface area contributed by atoms with Crippen molar-refractivity contribution in [2.24, 2.45) is 0 Å². The Bertz CT molecular complexity index is 875. The molecule has 7 nitrogen and oxygen atoms in total. The molecular weight excluding hydrogens is 300 g/mol. The molecule has 0 bridgehead atoms. The SMILES string of the molecule is Cc1nc2sccn2c1C(=O)N1Cc2nnc(C)n2[C@H](C)C1. The van der Waals surface area contributed by atoms with Crippen LogP contribution in [0.5, 0.6) is 0 Å². The molecule has 0 fully saturated rings. The topological polar surface area (TPSA) is 68.3 Å². The third-order valence-electron chi connectivity index (χ3n) is 4.12.